The lowest BCUT2D eigenvalue weighted by atomic mass is 9.82. The number of fused-ring (bicyclic) bond motifs is 11. The lowest BCUT2D eigenvalue weighted by molar-refractivity contribution is 0.661. The Morgan fingerprint density at radius 1 is 0.419 bits per heavy atom. The first-order valence-corrected chi connectivity index (χ1v) is 21.0. The molecule has 9 aromatic carbocycles. The summed E-state index contributed by atoms with van der Waals surface area (Å²) in [6.45, 7) is 4.58. The molecule has 0 amide bonds. The van der Waals surface area contributed by atoms with Crippen LogP contribution in [0, 0.1) is 22.7 Å². The van der Waals surface area contributed by atoms with Crippen molar-refractivity contribution in [3.05, 3.63) is 210 Å². The van der Waals surface area contributed by atoms with Crippen LogP contribution in [0.1, 0.15) is 36.1 Å². The van der Waals surface area contributed by atoms with Crippen molar-refractivity contribution in [2.45, 2.75) is 19.3 Å². The third kappa shape index (κ3) is 5.00. The smallest absolute Gasteiger partial charge is 0.101 e. The summed E-state index contributed by atoms with van der Waals surface area (Å²) >= 11 is 0. The fraction of sp³-hybridized carbons (Fsp3) is 0.0526. The van der Waals surface area contributed by atoms with E-state index in [2.05, 4.69) is 198 Å². The standard InChI is InChI=1S/C57H37N5/c1-57(2)48-23-13-11-21-43(48)45-32-46-44-22-12-14-24-50(44)62(55(46)33-49(45)57)54-30-37(34-58)53(29-38(54)35-59)61-51-28-26-41(60(39-16-5-3-6-17-39)40-18-7-4-8-19-40)31-47(51)56-42-20-10-9-15-36(42)25-27-52(56)61/h3-33H,1-2H3. The second kappa shape index (κ2) is 13.3. The van der Waals surface area contributed by atoms with Crippen LogP contribution in [-0.4, -0.2) is 9.13 Å². The molecule has 62 heavy (non-hydrogen) atoms. The summed E-state index contributed by atoms with van der Waals surface area (Å²) < 4.78 is 4.37. The van der Waals surface area contributed by atoms with Gasteiger partial charge in [-0.1, -0.05) is 123 Å². The number of nitriles is 2. The van der Waals surface area contributed by atoms with Gasteiger partial charge in [0.05, 0.1) is 44.6 Å². The number of hydrogen-bond donors (Lipinski definition) is 0. The maximum absolute atomic E-state index is 11.1. The lowest BCUT2D eigenvalue weighted by Gasteiger charge is -2.25. The predicted molar refractivity (Wildman–Crippen MR) is 254 cm³/mol. The molecule has 11 aromatic rings. The highest BCUT2D eigenvalue weighted by molar-refractivity contribution is 6.22. The Bertz CT molecular complexity index is 3700. The van der Waals surface area contributed by atoms with E-state index in [0.29, 0.717) is 22.5 Å². The topological polar surface area (TPSA) is 60.7 Å². The molecule has 0 spiro atoms. The van der Waals surface area contributed by atoms with Crippen LogP contribution in [-0.2, 0) is 5.41 Å². The van der Waals surface area contributed by atoms with Crippen LogP contribution in [0.4, 0.5) is 17.1 Å². The van der Waals surface area contributed by atoms with Gasteiger partial charge >= 0.3 is 0 Å². The van der Waals surface area contributed by atoms with Crippen molar-refractivity contribution in [1.29, 1.82) is 10.5 Å². The Morgan fingerprint density at radius 3 is 1.71 bits per heavy atom. The van der Waals surface area contributed by atoms with Gasteiger partial charge in [0, 0.05) is 44.0 Å². The van der Waals surface area contributed by atoms with E-state index in [1.165, 1.54) is 22.3 Å². The number of para-hydroxylation sites is 3. The molecule has 1 aliphatic carbocycles. The Morgan fingerprint density at radius 2 is 1.00 bits per heavy atom. The second-order valence-corrected chi connectivity index (χ2v) is 16.8. The Labute approximate surface area is 358 Å². The largest absolute Gasteiger partial charge is 0.310 e. The van der Waals surface area contributed by atoms with Crippen molar-refractivity contribution < 1.29 is 0 Å². The number of rotatable bonds is 5. The van der Waals surface area contributed by atoms with E-state index in [4.69, 9.17) is 0 Å². The van der Waals surface area contributed by atoms with Crippen molar-refractivity contribution >= 4 is 71.4 Å². The average molecular weight is 792 g/mol. The van der Waals surface area contributed by atoms with Gasteiger partial charge in [-0.05, 0) is 112 Å². The third-order valence-corrected chi connectivity index (χ3v) is 13.1. The van der Waals surface area contributed by atoms with Crippen LogP contribution in [0.15, 0.2) is 188 Å². The maximum Gasteiger partial charge on any atom is 0.101 e. The van der Waals surface area contributed by atoms with E-state index < -0.39 is 0 Å². The molecule has 0 unspecified atom stereocenters. The molecule has 12 rings (SSSR count). The molecule has 0 N–H and O–H groups in total. The molecular formula is C57H37N5. The zero-order valence-electron chi connectivity index (χ0n) is 34.1. The quantitative estimate of drug-likeness (QED) is 0.174. The molecule has 0 bridgehead atoms. The van der Waals surface area contributed by atoms with Gasteiger partial charge in [-0.15, -0.1) is 0 Å². The summed E-state index contributed by atoms with van der Waals surface area (Å²) in [5, 5.41) is 28.9. The molecule has 0 aliphatic heterocycles. The first-order valence-electron chi connectivity index (χ1n) is 21.0. The Hall–Kier alpha value is -8.38. The fourth-order valence-corrected chi connectivity index (χ4v) is 10.3. The molecular weight excluding hydrogens is 755 g/mol. The average Bonchev–Trinajstić information content (AvgIpc) is 3.91. The molecule has 5 heteroatoms. The molecule has 5 nitrogen and oxygen atoms in total. The van der Waals surface area contributed by atoms with Crippen molar-refractivity contribution in [3.8, 4) is 34.6 Å². The van der Waals surface area contributed by atoms with E-state index in [0.717, 1.165) is 71.4 Å². The molecule has 2 aromatic heterocycles. The first kappa shape index (κ1) is 35.6. The number of benzene rings is 9. The number of aromatic nitrogens is 2. The predicted octanol–water partition coefficient (Wildman–Crippen LogP) is 14.6. The van der Waals surface area contributed by atoms with E-state index >= 15 is 0 Å². The highest BCUT2D eigenvalue weighted by Crippen LogP contribution is 2.51. The van der Waals surface area contributed by atoms with Crippen LogP contribution >= 0.6 is 0 Å². The molecule has 290 valence electrons. The molecule has 1 aliphatic rings. The molecule has 0 saturated carbocycles. The zero-order chi connectivity index (χ0) is 41.7. The molecule has 0 atom stereocenters. The highest BCUT2D eigenvalue weighted by Gasteiger charge is 2.36. The summed E-state index contributed by atoms with van der Waals surface area (Å²) in [6.07, 6.45) is 0. The monoisotopic (exact) mass is 791 g/mol. The van der Waals surface area contributed by atoms with Crippen LogP contribution in [0.5, 0.6) is 0 Å². The fourth-order valence-electron chi connectivity index (χ4n) is 10.3. The van der Waals surface area contributed by atoms with Gasteiger partial charge in [0.25, 0.3) is 0 Å². The Kier molecular flexibility index (Phi) is 7.64. The number of anilines is 3. The third-order valence-electron chi connectivity index (χ3n) is 13.1. The van der Waals surface area contributed by atoms with Gasteiger partial charge < -0.3 is 14.0 Å². The van der Waals surface area contributed by atoms with Gasteiger partial charge in [0.2, 0.25) is 0 Å². The first-order chi connectivity index (χ1) is 30.4. The molecule has 0 fully saturated rings. The summed E-state index contributed by atoms with van der Waals surface area (Å²) in [5.41, 5.74) is 14.2. The van der Waals surface area contributed by atoms with Crippen molar-refractivity contribution in [3.63, 3.8) is 0 Å². The minimum atomic E-state index is -0.207. The van der Waals surface area contributed by atoms with Crippen molar-refractivity contribution in [1.82, 2.24) is 9.13 Å². The number of hydrogen-bond acceptors (Lipinski definition) is 3. The van der Waals surface area contributed by atoms with Crippen molar-refractivity contribution in [2.24, 2.45) is 0 Å². The van der Waals surface area contributed by atoms with Gasteiger partial charge in [-0.2, -0.15) is 10.5 Å². The lowest BCUT2D eigenvalue weighted by Crippen LogP contribution is -2.15. The normalized spacial score (nSPS) is 12.8. The van der Waals surface area contributed by atoms with Crippen LogP contribution < -0.4 is 4.90 Å². The van der Waals surface area contributed by atoms with Crippen LogP contribution in [0.3, 0.4) is 0 Å². The summed E-state index contributed by atoms with van der Waals surface area (Å²) in [4.78, 5) is 2.28. The Balaban J connectivity index is 1.12. The van der Waals surface area contributed by atoms with Gasteiger partial charge in [0.15, 0.2) is 0 Å². The van der Waals surface area contributed by atoms with Gasteiger partial charge in [-0.3, -0.25) is 0 Å². The SMILES string of the molecule is CC1(C)c2ccccc2-c2cc3c4ccccc4n(-c4cc(C#N)c(-n5c6ccc(N(c7ccccc7)c7ccccc7)cc6c6c7ccccc7ccc65)cc4C#N)c3cc21. The van der Waals surface area contributed by atoms with Crippen molar-refractivity contribution in [2.75, 3.05) is 4.90 Å². The minimum absolute atomic E-state index is 0.207. The van der Waals surface area contributed by atoms with Gasteiger partial charge in [-0.25, -0.2) is 0 Å². The minimum Gasteiger partial charge on any atom is -0.310 e. The van der Waals surface area contributed by atoms with E-state index in [-0.39, 0.29) is 5.41 Å². The van der Waals surface area contributed by atoms with Gasteiger partial charge in [0.1, 0.15) is 12.1 Å². The van der Waals surface area contributed by atoms with E-state index in [1.54, 1.807) is 0 Å². The highest BCUT2D eigenvalue weighted by atomic mass is 15.1. The van der Waals surface area contributed by atoms with E-state index in [1.807, 2.05) is 30.3 Å². The maximum atomic E-state index is 11.1. The molecule has 0 saturated heterocycles. The van der Waals surface area contributed by atoms with Crippen LogP contribution in [0.25, 0.3) is 76.9 Å². The summed E-state index contributed by atoms with van der Waals surface area (Å²) in [6, 6.07) is 70.9. The van der Waals surface area contributed by atoms with E-state index in [9.17, 15) is 10.5 Å². The summed E-state index contributed by atoms with van der Waals surface area (Å²) in [7, 11) is 0. The summed E-state index contributed by atoms with van der Waals surface area (Å²) in [5.74, 6) is 0. The zero-order valence-corrected chi connectivity index (χ0v) is 34.1. The molecule has 2 heterocycles. The number of nitrogens with zero attached hydrogens (tertiary/aromatic N) is 5. The van der Waals surface area contributed by atoms with Crippen LogP contribution in [0.2, 0.25) is 0 Å². The molecule has 0 radical (unpaired) electrons. The second-order valence-electron chi connectivity index (χ2n) is 16.8.